The molecule has 2 amide bonds. The number of amides is 2. The van der Waals surface area contributed by atoms with Crippen molar-refractivity contribution in [3.8, 4) is 11.5 Å². The van der Waals surface area contributed by atoms with Crippen molar-refractivity contribution in [1.82, 2.24) is 10.2 Å². The number of rotatable bonds is 10. The second-order valence-electron chi connectivity index (χ2n) is 8.25. The van der Waals surface area contributed by atoms with E-state index in [1.807, 2.05) is 71.6 Å². The average Bonchev–Trinajstić information content (AvgIpc) is 3.42. The minimum Gasteiger partial charge on any atom is -0.490 e. The fraction of sp³-hybridized carbons (Fsp3) is 0.286. The molecular weight excluding hydrogens is 428 g/mol. The molecule has 0 spiro atoms. The summed E-state index contributed by atoms with van der Waals surface area (Å²) in [6.45, 7) is 2.12. The molecule has 4 rings (SSSR count). The Balaban J connectivity index is 1.41. The second kappa shape index (κ2) is 11.9. The minimum absolute atomic E-state index is 0.0376. The molecule has 6 nitrogen and oxygen atoms in total. The van der Waals surface area contributed by atoms with Crippen LogP contribution in [0, 0.1) is 0 Å². The number of nitrogens with one attached hydrogen (secondary N) is 1. The maximum absolute atomic E-state index is 13.2. The predicted octanol–water partition coefficient (Wildman–Crippen LogP) is 4.11. The van der Waals surface area contributed by atoms with E-state index in [2.05, 4.69) is 5.32 Å². The predicted molar refractivity (Wildman–Crippen MR) is 131 cm³/mol. The van der Waals surface area contributed by atoms with Crippen molar-refractivity contribution in [3.05, 3.63) is 96.1 Å². The lowest BCUT2D eigenvalue weighted by molar-refractivity contribution is -0.132. The van der Waals surface area contributed by atoms with E-state index in [9.17, 15) is 9.59 Å². The van der Waals surface area contributed by atoms with E-state index in [1.54, 1.807) is 18.2 Å². The zero-order valence-electron chi connectivity index (χ0n) is 19.2. The van der Waals surface area contributed by atoms with E-state index in [0.717, 1.165) is 37.2 Å². The topological polar surface area (TPSA) is 67.9 Å². The highest BCUT2D eigenvalue weighted by molar-refractivity contribution is 5.99. The average molecular weight is 459 g/mol. The Bertz CT molecular complexity index is 1070. The fourth-order valence-corrected chi connectivity index (χ4v) is 4.05. The summed E-state index contributed by atoms with van der Waals surface area (Å²) >= 11 is 0. The normalized spacial score (nSPS) is 13.8. The molecule has 3 aromatic carbocycles. The van der Waals surface area contributed by atoms with Crippen LogP contribution in [0.5, 0.6) is 11.5 Å². The van der Waals surface area contributed by atoms with Gasteiger partial charge >= 0.3 is 0 Å². The molecule has 1 heterocycles. The van der Waals surface area contributed by atoms with Gasteiger partial charge in [-0.2, -0.15) is 0 Å². The maximum Gasteiger partial charge on any atom is 0.255 e. The third-order valence-electron chi connectivity index (χ3n) is 5.79. The summed E-state index contributed by atoms with van der Waals surface area (Å²) in [4.78, 5) is 28.3. The molecule has 1 aliphatic heterocycles. The number of likely N-dealkylation sites (tertiary alicyclic amines) is 1. The molecular formula is C28H30N2O4. The van der Waals surface area contributed by atoms with E-state index in [1.165, 1.54) is 0 Å². The molecule has 0 radical (unpaired) electrons. The molecule has 0 aromatic heterocycles. The lowest BCUT2D eigenvalue weighted by atomic mass is 10.0. The monoisotopic (exact) mass is 458 g/mol. The number of ether oxygens (including phenoxy) is 2. The molecule has 0 saturated carbocycles. The Morgan fingerprint density at radius 1 is 0.794 bits per heavy atom. The number of carbonyl (C=O) groups is 2. The molecule has 1 saturated heterocycles. The minimum atomic E-state index is -0.637. The molecule has 0 aliphatic carbocycles. The van der Waals surface area contributed by atoms with Crippen LogP contribution < -0.4 is 14.8 Å². The SMILES string of the molecule is O=C(NC(Cc1ccccc1)C(=O)N1CCCC1)c1ccccc1OCCOc1ccccc1. The van der Waals surface area contributed by atoms with Gasteiger partial charge in [0.1, 0.15) is 30.8 Å². The summed E-state index contributed by atoms with van der Waals surface area (Å²) in [5.41, 5.74) is 1.40. The first kappa shape index (κ1) is 23.4. The van der Waals surface area contributed by atoms with Crippen molar-refractivity contribution in [2.24, 2.45) is 0 Å². The second-order valence-corrected chi connectivity index (χ2v) is 8.25. The largest absolute Gasteiger partial charge is 0.490 e. The van der Waals surface area contributed by atoms with E-state index >= 15 is 0 Å². The summed E-state index contributed by atoms with van der Waals surface area (Å²) in [7, 11) is 0. The number of hydrogen-bond donors (Lipinski definition) is 1. The van der Waals surface area contributed by atoms with Gasteiger partial charge in [0.2, 0.25) is 5.91 Å². The van der Waals surface area contributed by atoms with Crippen molar-refractivity contribution in [3.63, 3.8) is 0 Å². The number of hydrogen-bond acceptors (Lipinski definition) is 4. The zero-order chi connectivity index (χ0) is 23.6. The van der Waals surface area contributed by atoms with Crippen molar-refractivity contribution in [2.45, 2.75) is 25.3 Å². The van der Waals surface area contributed by atoms with E-state index in [-0.39, 0.29) is 11.8 Å². The Hall–Kier alpha value is -3.80. The van der Waals surface area contributed by atoms with Gasteiger partial charge in [0.15, 0.2) is 0 Å². The van der Waals surface area contributed by atoms with Gasteiger partial charge in [0, 0.05) is 19.5 Å². The first-order valence-corrected chi connectivity index (χ1v) is 11.7. The Morgan fingerprint density at radius 3 is 2.15 bits per heavy atom. The van der Waals surface area contributed by atoms with E-state index in [0.29, 0.717) is 30.9 Å². The standard InChI is InChI=1S/C28H30N2O4/c31-27(24-15-7-8-16-26(24)34-20-19-33-23-13-5-2-6-14-23)29-25(21-22-11-3-1-4-12-22)28(32)30-17-9-10-18-30/h1-8,11-16,25H,9-10,17-21H2,(H,29,31). The number of carbonyl (C=O) groups excluding carboxylic acids is 2. The van der Waals surface area contributed by atoms with Gasteiger partial charge in [0.25, 0.3) is 5.91 Å². The molecule has 3 aromatic rings. The molecule has 1 aliphatic rings. The summed E-state index contributed by atoms with van der Waals surface area (Å²) < 4.78 is 11.5. The van der Waals surface area contributed by atoms with Crippen LogP contribution >= 0.6 is 0 Å². The lowest BCUT2D eigenvalue weighted by Crippen LogP contribution is -2.49. The van der Waals surface area contributed by atoms with E-state index in [4.69, 9.17) is 9.47 Å². The molecule has 176 valence electrons. The molecule has 0 bridgehead atoms. The molecule has 1 unspecified atom stereocenters. The van der Waals surface area contributed by atoms with Crippen LogP contribution in [0.1, 0.15) is 28.8 Å². The van der Waals surface area contributed by atoms with Crippen LogP contribution in [0.15, 0.2) is 84.9 Å². The van der Waals surface area contributed by atoms with Crippen LogP contribution in [0.4, 0.5) is 0 Å². The third kappa shape index (κ3) is 6.38. The number of benzene rings is 3. The number of para-hydroxylation sites is 2. The number of nitrogens with zero attached hydrogens (tertiary/aromatic N) is 1. The molecule has 6 heteroatoms. The molecule has 1 atom stereocenters. The van der Waals surface area contributed by atoms with Crippen LogP contribution in [0.2, 0.25) is 0 Å². The Kier molecular flexibility index (Phi) is 8.17. The van der Waals surface area contributed by atoms with Crippen molar-refractivity contribution in [1.29, 1.82) is 0 Å². The van der Waals surface area contributed by atoms with Crippen LogP contribution in [0.3, 0.4) is 0 Å². The highest BCUT2D eigenvalue weighted by Crippen LogP contribution is 2.19. The fourth-order valence-electron chi connectivity index (χ4n) is 4.05. The van der Waals surface area contributed by atoms with Gasteiger partial charge in [-0.1, -0.05) is 60.7 Å². The van der Waals surface area contributed by atoms with Gasteiger partial charge in [0.05, 0.1) is 5.56 Å². The highest BCUT2D eigenvalue weighted by atomic mass is 16.5. The van der Waals surface area contributed by atoms with Crippen molar-refractivity contribution < 1.29 is 19.1 Å². The van der Waals surface area contributed by atoms with Gasteiger partial charge in [-0.05, 0) is 42.7 Å². The molecule has 1 fully saturated rings. The highest BCUT2D eigenvalue weighted by Gasteiger charge is 2.29. The summed E-state index contributed by atoms with van der Waals surface area (Å²) in [6, 6.07) is 25.7. The van der Waals surface area contributed by atoms with Gasteiger partial charge in [-0.15, -0.1) is 0 Å². The van der Waals surface area contributed by atoms with Gasteiger partial charge in [-0.25, -0.2) is 0 Å². The van der Waals surface area contributed by atoms with Gasteiger partial charge < -0.3 is 19.7 Å². The summed E-state index contributed by atoms with van der Waals surface area (Å²) in [5.74, 6) is 0.863. The third-order valence-corrected chi connectivity index (χ3v) is 5.79. The Labute approximate surface area is 200 Å². The van der Waals surface area contributed by atoms with Crippen LogP contribution in [0.25, 0.3) is 0 Å². The lowest BCUT2D eigenvalue weighted by Gasteiger charge is -2.24. The first-order chi connectivity index (χ1) is 16.7. The van der Waals surface area contributed by atoms with Crippen LogP contribution in [-0.2, 0) is 11.2 Å². The Morgan fingerprint density at radius 2 is 1.41 bits per heavy atom. The summed E-state index contributed by atoms with van der Waals surface area (Å²) in [6.07, 6.45) is 2.44. The molecule has 1 N–H and O–H groups in total. The van der Waals surface area contributed by atoms with Crippen LogP contribution in [-0.4, -0.2) is 49.1 Å². The smallest absolute Gasteiger partial charge is 0.255 e. The zero-order valence-corrected chi connectivity index (χ0v) is 19.2. The maximum atomic E-state index is 13.2. The van der Waals surface area contributed by atoms with Gasteiger partial charge in [-0.3, -0.25) is 9.59 Å². The summed E-state index contributed by atoms with van der Waals surface area (Å²) in [5, 5.41) is 2.97. The van der Waals surface area contributed by atoms with E-state index < -0.39 is 6.04 Å². The molecule has 34 heavy (non-hydrogen) atoms. The van der Waals surface area contributed by atoms with Crippen molar-refractivity contribution in [2.75, 3.05) is 26.3 Å². The quantitative estimate of drug-likeness (QED) is 0.465. The van der Waals surface area contributed by atoms with Crippen molar-refractivity contribution >= 4 is 11.8 Å². The first-order valence-electron chi connectivity index (χ1n) is 11.7.